The molecule has 1 atom stereocenters. The van der Waals surface area contributed by atoms with E-state index in [-0.39, 0.29) is 11.9 Å². The second-order valence-corrected chi connectivity index (χ2v) is 7.55. The molecule has 0 radical (unpaired) electrons. The van der Waals surface area contributed by atoms with E-state index in [1.807, 2.05) is 85.2 Å². The van der Waals surface area contributed by atoms with Crippen LogP contribution in [0.3, 0.4) is 0 Å². The normalized spacial score (nSPS) is 11.8. The molecule has 4 nitrogen and oxygen atoms in total. The van der Waals surface area contributed by atoms with Crippen LogP contribution in [0.25, 0.3) is 17.2 Å². The van der Waals surface area contributed by atoms with Crippen molar-refractivity contribution in [3.05, 3.63) is 121 Å². The second-order valence-electron chi connectivity index (χ2n) is 7.55. The number of aromatic nitrogens is 1. The third kappa shape index (κ3) is 5.70. The fraction of sp³-hybridized carbons (Fsp3) is 0.0714. The first-order valence-electron chi connectivity index (χ1n) is 10.6. The van der Waals surface area contributed by atoms with Crippen molar-refractivity contribution >= 4 is 23.4 Å². The number of pyridine rings is 1. The van der Waals surface area contributed by atoms with Gasteiger partial charge in [0.1, 0.15) is 0 Å². The lowest BCUT2D eigenvalue weighted by atomic mass is 10.1. The Bertz CT molecular complexity index is 1200. The van der Waals surface area contributed by atoms with E-state index in [0.717, 1.165) is 28.1 Å². The molecule has 0 saturated heterocycles. The van der Waals surface area contributed by atoms with Crippen LogP contribution in [0.4, 0.5) is 11.4 Å². The highest BCUT2D eigenvalue weighted by Gasteiger charge is 2.07. The molecule has 1 aromatic heterocycles. The molecule has 158 valence electrons. The molecule has 0 aliphatic carbocycles. The summed E-state index contributed by atoms with van der Waals surface area (Å²) in [6, 6.07) is 30.1. The highest BCUT2D eigenvalue weighted by molar-refractivity contribution is 6.02. The van der Waals surface area contributed by atoms with Crippen molar-refractivity contribution in [1.29, 1.82) is 0 Å². The zero-order chi connectivity index (χ0) is 22.2. The number of anilines is 2. The molecular formula is C28H25N3O. The first kappa shape index (κ1) is 21.1. The fourth-order valence-corrected chi connectivity index (χ4v) is 3.45. The second kappa shape index (κ2) is 10.2. The van der Waals surface area contributed by atoms with Crippen LogP contribution < -0.4 is 10.6 Å². The van der Waals surface area contributed by atoms with Gasteiger partial charge in [-0.2, -0.15) is 0 Å². The van der Waals surface area contributed by atoms with E-state index in [0.29, 0.717) is 0 Å². The van der Waals surface area contributed by atoms with Crippen LogP contribution in [0.15, 0.2) is 109 Å². The minimum Gasteiger partial charge on any atom is -0.377 e. The number of benzene rings is 3. The number of hydrogen-bond donors (Lipinski definition) is 2. The predicted octanol–water partition coefficient (Wildman–Crippen LogP) is 6.57. The smallest absolute Gasteiger partial charge is 0.248 e. The molecular weight excluding hydrogens is 394 g/mol. The monoisotopic (exact) mass is 419 g/mol. The molecule has 0 aliphatic heterocycles. The Kier molecular flexibility index (Phi) is 6.73. The van der Waals surface area contributed by atoms with E-state index in [4.69, 9.17) is 0 Å². The zero-order valence-electron chi connectivity index (χ0n) is 17.9. The maximum atomic E-state index is 12.3. The third-order valence-corrected chi connectivity index (χ3v) is 5.11. The summed E-state index contributed by atoms with van der Waals surface area (Å²) in [6.45, 7) is 2.13. The fourth-order valence-electron chi connectivity index (χ4n) is 3.45. The minimum absolute atomic E-state index is 0.162. The molecule has 0 spiro atoms. The SMILES string of the molecule is C[C@H](Nc1cncc(-c2cccc(NC(=O)C=Cc3ccccc3)c2)c1)c1ccccc1. The molecule has 3 aromatic carbocycles. The van der Waals surface area contributed by atoms with Crippen molar-refractivity contribution in [1.82, 2.24) is 4.98 Å². The molecule has 4 heteroatoms. The van der Waals surface area contributed by atoms with Crippen molar-refractivity contribution < 1.29 is 4.79 Å². The lowest BCUT2D eigenvalue weighted by Gasteiger charge is -2.16. The Labute approximate surface area is 188 Å². The van der Waals surface area contributed by atoms with Gasteiger partial charge in [0.2, 0.25) is 5.91 Å². The number of amides is 1. The van der Waals surface area contributed by atoms with Crippen LogP contribution in [0.2, 0.25) is 0 Å². The third-order valence-electron chi connectivity index (χ3n) is 5.11. The van der Waals surface area contributed by atoms with Gasteiger partial charge in [-0.15, -0.1) is 0 Å². The largest absolute Gasteiger partial charge is 0.377 e. The Morgan fingerprint density at radius 2 is 1.53 bits per heavy atom. The van der Waals surface area contributed by atoms with Gasteiger partial charge in [0.25, 0.3) is 0 Å². The number of nitrogens with zero attached hydrogens (tertiary/aromatic N) is 1. The lowest BCUT2D eigenvalue weighted by molar-refractivity contribution is -0.111. The molecule has 0 unspecified atom stereocenters. The van der Waals surface area contributed by atoms with Crippen LogP contribution in [0.1, 0.15) is 24.1 Å². The van der Waals surface area contributed by atoms with E-state index in [9.17, 15) is 4.79 Å². The predicted molar refractivity (Wildman–Crippen MR) is 132 cm³/mol. The summed E-state index contributed by atoms with van der Waals surface area (Å²) in [6.07, 6.45) is 6.99. The summed E-state index contributed by atoms with van der Waals surface area (Å²) in [7, 11) is 0. The summed E-state index contributed by atoms with van der Waals surface area (Å²) in [5, 5.41) is 6.43. The Morgan fingerprint density at radius 1 is 0.812 bits per heavy atom. The zero-order valence-corrected chi connectivity index (χ0v) is 17.9. The average Bonchev–Trinajstić information content (AvgIpc) is 2.84. The number of nitrogens with one attached hydrogen (secondary N) is 2. The Morgan fingerprint density at radius 3 is 2.31 bits per heavy atom. The molecule has 0 bridgehead atoms. The summed E-state index contributed by atoms with van der Waals surface area (Å²) in [4.78, 5) is 16.7. The highest BCUT2D eigenvalue weighted by atomic mass is 16.1. The summed E-state index contributed by atoms with van der Waals surface area (Å²) >= 11 is 0. The molecule has 0 saturated carbocycles. The Balaban J connectivity index is 1.45. The number of carbonyl (C=O) groups excluding carboxylic acids is 1. The first-order chi connectivity index (χ1) is 15.7. The summed E-state index contributed by atoms with van der Waals surface area (Å²) in [5.74, 6) is -0.170. The van der Waals surface area contributed by atoms with Crippen molar-refractivity contribution in [2.75, 3.05) is 10.6 Å². The summed E-state index contributed by atoms with van der Waals surface area (Å²) < 4.78 is 0. The van der Waals surface area contributed by atoms with Gasteiger partial charge in [0.05, 0.1) is 5.69 Å². The van der Waals surface area contributed by atoms with Gasteiger partial charge in [0, 0.05) is 35.8 Å². The quantitative estimate of drug-likeness (QED) is 0.333. The molecule has 1 heterocycles. The molecule has 4 aromatic rings. The van der Waals surface area contributed by atoms with Gasteiger partial charge >= 0.3 is 0 Å². The van der Waals surface area contributed by atoms with Crippen LogP contribution in [0.5, 0.6) is 0 Å². The molecule has 0 fully saturated rings. The summed E-state index contributed by atoms with van der Waals surface area (Å²) in [5.41, 5.74) is 5.84. The van der Waals surface area contributed by atoms with E-state index in [2.05, 4.69) is 40.7 Å². The van der Waals surface area contributed by atoms with Gasteiger partial charge in [-0.1, -0.05) is 72.8 Å². The van der Waals surface area contributed by atoms with Crippen molar-refractivity contribution in [2.24, 2.45) is 0 Å². The molecule has 32 heavy (non-hydrogen) atoms. The van der Waals surface area contributed by atoms with Crippen LogP contribution in [-0.4, -0.2) is 10.9 Å². The molecule has 0 aliphatic rings. The van der Waals surface area contributed by atoms with Crippen molar-refractivity contribution in [3.8, 4) is 11.1 Å². The van der Waals surface area contributed by atoms with Crippen LogP contribution >= 0.6 is 0 Å². The number of hydrogen-bond acceptors (Lipinski definition) is 3. The topological polar surface area (TPSA) is 54.0 Å². The van der Waals surface area contributed by atoms with Gasteiger partial charge in [0.15, 0.2) is 0 Å². The van der Waals surface area contributed by atoms with Crippen molar-refractivity contribution in [2.45, 2.75) is 13.0 Å². The van der Waals surface area contributed by atoms with E-state index in [1.165, 1.54) is 5.56 Å². The average molecular weight is 420 g/mol. The minimum atomic E-state index is -0.170. The lowest BCUT2D eigenvalue weighted by Crippen LogP contribution is -2.07. The van der Waals surface area contributed by atoms with Crippen molar-refractivity contribution in [3.63, 3.8) is 0 Å². The molecule has 1 amide bonds. The first-order valence-corrected chi connectivity index (χ1v) is 10.6. The van der Waals surface area contributed by atoms with E-state index >= 15 is 0 Å². The van der Waals surface area contributed by atoms with E-state index < -0.39 is 0 Å². The molecule has 4 rings (SSSR count). The standard InChI is InChI=1S/C28H25N3O/c1-21(23-11-6-3-7-12-23)30-27-18-25(19-29-20-27)24-13-8-14-26(17-24)31-28(32)16-15-22-9-4-2-5-10-22/h2-21,30H,1H3,(H,31,32)/t21-/m0/s1. The van der Waals surface area contributed by atoms with Crippen LogP contribution in [-0.2, 0) is 4.79 Å². The highest BCUT2D eigenvalue weighted by Crippen LogP contribution is 2.26. The molecule has 2 N–H and O–H groups in total. The Hall–Kier alpha value is -4.18. The number of carbonyl (C=O) groups is 1. The van der Waals surface area contributed by atoms with Gasteiger partial charge in [-0.3, -0.25) is 9.78 Å². The van der Waals surface area contributed by atoms with E-state index in [1.54, 1.807) is 12.2 Å². The maximum absolute atomic E-state index is 12.3. The van der Waals surface area contributed by atoms with Gasteiger partial charge in [-0.25, -0.2) is 0 Å². The number of rotatable bonds is 7. The van der Waals surface area contributed by atoms with Gasteiger partial charge in [-0.05, 0) is 47.9 Å². The van der Waals surface area contributed by atoms with Gasteiger partial charge < -0.3 is 10.6 Å². The maximum Gasteiger partial charge on any atom is 0.248 e. The van der Waals surface area contributed by atoms with Crippen LogP contribution in [0, 0.1) is 0 Å².